The molecule has 0 saturated carbocycles. The van der Waals surface area contributed by atoms with Crippen molar-refractivity contribution in [2.45, 2.75) is 6.10 Å². The van der Waals surface area contributed by atoms with Crippen LogP contribution in [0, 0.1) is 0 Å². The van der Waals surface area contributed by atoms with E-state index >= 15 is 0 Å². The van der Waals surface area contributed by atoms with E-state index in [9.17, 15) is 4.79 Å². The SMILES string of the molecule is [N-]=[N+]=NCCOc1ccc(C(=O)Nc2cccc3c2OC(c2nn[nH]n2)CO3)cc1. The zero-order valence-electron chi connectivity index (χ0n) is 15.6. The van der Waals surface area contributed by atoms with E-state index in [4.69, 9.17) is 19.7 Å². The van der Waals surface area contributed by atoms with E-state index in [0.29, 0.717) is 34.3 Å². The fraction of sp³-hybridized carbons (Fsp3) is 0.222. The minimum Gasteiger partial charge on any atom is -0.493 e. The molecule has 1 aromatic heterocycles. The summed E-state index contributed by atoms with van der Waals surface area (Å²) >= 11 is 0. The van der Waals surface area contributed by atoms with Crippen molar-refractivity contribution in [2.24, 2.45) is 5.11 Å². The molecular weight excluding hydrogens is 392 g/mol. The first-order valence-corrected chi connectivity index (χ1v) is 8.95. The number of hydrogen-bond acceptors (Lipinski definition) is 8. The normalized spacial score (nSPS) is 14.5. The van der Waals surface area contributed by atoms with Crippen molar-refractivity contribution in [2.75, 3.05) is 25.1 Å². The number of para-hydroxylation sites is 1. The number of hydrogen-bond donors (Lipinski definition) is 2. The third-order valence-corrected chi connectivity index (χ3v) is 4.17. The van der Waals surface area contributed by atoms with Gasteiger partial charge in [-0.1, -0.05) is 16.4 Å². The van der Waals surface area contributed by atoms with Gasteiger partial charge in [0.05, 0.1) is 18.8 Å². The number of aromatic nitrogens is 4. The number of azide groups is 1. The molecule has 1 unspecified atom stereocenters. The van der Waals surface area contributed by atoms with Gasteiger partial charge in [0.2, 0.25) is 5.82 Å². The molecule has 4 rings (SSSR count). The molecule has 0 saturated heterocycles. The van der Waals surface area contributed by atoms with E-state index in [1.807, 2.05) is 0 Å². The molecule has 0 radical (unpaired) electrons. The average Bonchev–Trinajstić information content (AvgIpc) is 3.32. The van der Waals surface area contributed by atoms with E-state index in [0.717, 1.165) is 0 Å². The lowest BCUT2D eigenvalue weighted by atomic mass is 10.2. The molecule has 2 aromatic carbocycles. The Labute approximate surface area is 169 Å². The number of tetrazole rings is 1. The molecule has 1 amide bonds. The largest absolute Gasteiger partial charge is 0.493 e. The zero-order chi connectivity index (χ0) is 20.8. The van der Waals surface area contributed by atoms with Crippen LogP contribution in [0.15, 0.2) is 47.6 Å². The Morgan fingerprint density at radius 2 is 2.20 bits per heavy atom. The number of amides is 1. The molecule has 3 aromatic rings. The predicted octanol–water partition coefficient (Wildman–Crippen LogP) is 2.65. The Morgan fingerprint density at radius 1 is 1.33 bits per heavy atom. The van der Waals surface area contributed by atoms with E-state index in [1.54, 1.807) is 42.5 Å². The molecule has 152 valence electrons. The number of carbonyl (C=O) groups excluding carboxylic acids is 1. The van der Waals surface area contributed by atoms with Gasteiger partial charge in [-0.3, -0.25) is 4.79 Å². The van der Waals surface area contributed by atoms with Gasteiger partial charge in [-0.15, -0.1) is 10.2 Å². The molecule has 2 heterocycles. The quantitative estimate of drug-likeness (QED) is 0.263. The van der Waals surface area contributed by atoms with Crippen molar-refractivity contribution in [3.05, 3.63) is 64.3 Å². The maximum Gasteiger partial charge on any atom is 0.255 e. The van der Waals surface area contributed by atoms with Crippen LogP contribution in [0.5, 0.6) is 17.2 Å². The van der Waals surface area contributed by atoms with Gasteiger partial charge in [-0.2, -0.15) is 5.21 Å². The number of rotatable bonds is 7. The first kappa shape index (κ1) is 19.0. The number of carbonyl (C=O) groups is 1. The Bertz CT molecular complexity index is 1060. The standard InChI is InChI=1S/C18H16N8O4/c19-24-20-8-9-28-12-6-4-11(5-7-12)18(27)21-13-2-1-3-14-16(13)30-15(10-29-14)17-22-25-26-23-17/h1-7,15H,8-10H2,(H,21,27)(H,22,23,25,26). The number of aromatic amines is 1. The molecule has 1 aliphatic rings. The van der Waals surface area contributed by atoms with Gasteiger partial charge in [0.25, 0.3) is 5.91 Å². The van der Waals surface area contributed by atoms with Crippen LogP contribution < -0.4 is 19.5 Å². The number of fused-ring (bicyclic) bond motifs is 1. The number of nitrogens with one attached hydrogen (secondary N) is 2. The molecule has 0 bridgehead atoms. The molecule has 12 heteroatoms. The number of ether oxygens (including phenoxy) is 3. The summed E-state index contributed by atoms with van der Waals surface area (Å²) in [5.74, 6) is 1.50. The van der Waals surface area contributed by atoms with Crippen LogP contribution in [0.2, 0.25) is 0 Å². The Kier molecular flexibility index (Phi) is 5.58. The lowest BCUT2D eigenvalue weighted by Crippen LogP contribution is -2.24. The highest BCUT2D eigenvalue weighted by Gasteiger charge is 2.28. The highest BCUT2D eigenvalue weighted by Crippen LogP contribution is 2.41. The summed E-state index contributed by atoms with van der Waals surface area (Å²) in [6.07, 6.45) is -0.545. The Balaban J connectivity index is 1.44. The second-order valence-corrected chi connectivity index (χ2v) is 6.10. The average molecular weight is 408 g/mol. The van der Waals surface area contributed by atoms with E-state index in [-0.39, 0.29) is 25.7 Å². The van der Waals surface area contributed by atoms with Crippen LogP contribution in [0.1, 0.15) is 22.3 Å². The van der Waals surface area contributed by atoms with Crippen molar-refractivity contribution in [1.82, 2.24) is 20.6 Å². The minimum absolute atomic E-state index is 0.227. The second kappa shape index (κ2) is 8.80. The van der Waals surface area contributed by atoms with Gasteiger partial charge >= 0.3 is 0 Å². The molecule has 0 fully saturated rings. The van der Waals surface area contributed by atoms with Crippen LogP contribution in [0.3, 0.4) is 0 Å². The summed E-state index contributed by atoms with van der Waals surface area (Å²) in [6.45, 7) is 0.709. The Hall–Kier alpha value is -4.31. The van der Waals surface area contributed by atoms with Crippen molar-refractivity contribution in [3.8, 4) is 17.2 Å². The summed E-state index contributed by atoms with van der Waals surface area (Å²) in [6, 6.07) is 11.8. The summed E-state index contributed by atoms with van der Waals surface area (Å²) in [4.78, 5) is 15.3. The van der Waals surface area contributed by atoms with Gasteiger partial charge in [-0.05, 0) is 41.9 Å². The third-order valence-electron chi connectivity index (χ3n) is 4.17. The molecule has 0 spiro atoms. The van der Waals surface area contributed by atoms with Crippen LogP contribution in [-0.4, -0.2) is 46.3 Å². The van der Waals surface area contributed by atoms with Crippen LogP contribution in [0.4, 0.5) is 5.69 Å². The second-order valence-electron chi connectivity index (χ2n) is 6.10. The first-order valence-electron chi connectivity index (χ1n) is 8.95. The van der Waals surface area contributed by atoms with E-state index in [1.165, 1.54) is 0 Å². The molecule has 30 heavy (non-hydrogen) atoms. The van der Waals surface area contributed by atoms with Gasteiger partial charge in [-0.25, -0.2) is 0 Å². The maximum atomic E-state index is 12.7. The van der Waals surface area contributed by atoms with Crippen molar-refractivity contribution >= 4 is 11.6 Å². The topological polar surface area (TPSA) is 160 Å². The highest BCUT2D eigenvalue weighted by atomic mass is 16.6. The maximum absolute atomic E-state index is 12.7. The fourth-order valence-corrected chi connectivity index (χ4v) is 2.77. The number of nitrogens with zero attached hydrogens (tertiary/aromatic N) is 6. The van der Waals surface area contributed by atoms with Crippen molar-refractivity contribution in [3.63, 3.8) is 0 Å². The predicted molar refractivity (Wildman–Crippen MR) is 103 cm³/mol. The summed E-state index contributed by atoms with van der Waals surface area (Å²) in [5.41, 5.74) is 9.14. The zero-order valence-corrected chi connectivity index (χ0v) is 15.6. The number of benzene rings is 2. The van der Waals surface area contributed by atoms with Crippen LogP contribution in [-0.2, 0) is 0 Å². The summed E-state index contributed by atoms with van der Waals surface area (Å²) < 4.78 is 17.1. The fourth-order valence-electron chi connectivity index (χ4n) is 2.77. The van der Waals surface area contributed by atoms with Gasteiger partial charge < -0.3 is 19.5 Å². The van der Waals surface area contributed by atoms with E-state index < -0.39 is 6.10 Å². The van der Waals surface area contributed by atoms with Gasteiger partial charge in [0, 0.05) is 10.5 Å². The van der Waals surface area contributed by atoms with Crippen LogP contribution >= 0.6 is 0 Å². The lowest BCUT2D eigenvalue weighted by Gasteiger charge is -2.26. The minimum atomic E-state index is -0.545. The monoisotopic (exact) mass is 408 g/mol. The van der Waals surface area contributed by atoms with Crippen LogP contribution in [0.25, 0.3) is 10.4 Å². The summed E-state index contributed by atoms with van der Waals surface area (Å²) in [7, 11) is 0. The highest BCUT2D eigenvalue weighted by molar-refractivity contribution is 6.05. The number of anilines is 1. The molecule has 1 aliphatic heterocycles. The summed E-state index contributed by atoms with van der Waals surface area (Å²) in [5, 5.41) is 20.0. The molecule has 2 N–H and O–H groups in total. The molecule has 0 aliphatic carbocycles. The molecule has 1 atom stereocenters. The smallest absolute Gasteiger partial charge is 0.255 e. The van der Waals surface area contributed by atoms with E-state index in [2.05, 4.69) is 36.0 Å². The first-order chi connectivity index (χ1) is 14.7. The molecule has 12 nitrogen and oxygen atoms in total. The lowest BCUT2D eigenvalue weighted by molar-refractivity contribution is 0.0856. The van der Waals surface area contributed by atoms with Crippen molar-refractivity contribution < 1.29 is 19.0 Å². The van der Waals surface area contributed by atoms with Crippen molar-refractivity contribution in [1.29, 1.82) is 0 Å². The Morgan fingerprint density at radius 3 is 2.97 bits per heavy atom. The number of H-pyrrole nitrogens is 1. The third kappa shape index (κ3) is 4.23. The van der Waals surface area contributed by atoms with Gasteiger partial charge in [0.15, 0.2) is 17.6 Å². The molecular formula is C18H16N8O4. The van der Waals surface area contributed by atoms with Gasteiger partial charge in [0.1, 0.15) is 12.4 Å².